The Hall–Kier alpha value is -1.95. The fraction of sp³-hybridized carbons (Fsp3) is 0.696. The average Bonchev–Trinajstić information content (AvgIpc) is 3.43. The van der Waals surface area contributed by atoms with Gasteiger partial charge >= 0.3 is 0 Å². The van der Waals surface area contributed by atoms with Crippen LogP contribution in [-0.2, 0) is 10.2 Å². The second kappa shape index (κ2) is 9.24. The second-order valence-electron chi connectivity index (χ2n) is 8.63. The molecule has 2 aliphatic heterocycles. The molecule has 1 atom stereocenters. The molecule has 1 saturated carbocycles. The highest BCUT2D eigenvalue weighted by molar-refractivity contribution is 5.79. The maximum Gasteiger partial charge on any atom is 0.193 e. The Bertz CT molecular complexity index is 709. The van der Waals surface area contributed by atoms with Crippen molar-refractivity contribution in [1.29, 1.82) is 0 Å². The third kappa shape index (κ3) is 4.63. The molecule has 1 aliphatic carbocycles. The predicted octanol–water partition coefficient (Wildman–Crippen LogP) is 3.20. The van der Waals surface area contributed by atoms with Gasteiger partial charge in [-0.25, -0.2) is 0 Å². The summed E-state index contributed by atoms with van der Waals surface area (Å²) >= 11 is 0. The van der Waals surface area contributed by atoms with E-state index in [1.54, 1.807) is 0 Å². The largest absolute Gasteiger partial charge is 0.486 e. The van der Waals surface area contributed by atoms with E-state index in [4.69, 9.17) is 19.2 Å². The van der Waals surface area contributed by atoms with Crippen molar-refractivity contribution in [2.75, 3.05) is 53.1 Å². The van der Waals surface area contributed by atoms with E-state index in [0.717, 1.165) is 56.7 Å². The van der Waals surface area contributed by atoms with Crippen LogP contribution in [0, 0.1) is 5.92 Å². The van der Waals surface area contributed by atoms with E-state index in [0.29, 0.717) is 19.1 Å². The Balaban J connectivity index is 1.52. The van der Waals surface area contributed by atoms with Crippen molar-refractivity contribution in [3.8, 4) is 11.5 Å². The van der Waals surface area contributed by atoms with Gasteiger partial charge in [-0.15, -0.1) is 0 Å². The van der Waals surface area contributed by atoms with Gasteiger partial charge in [0.15, 0.2) is 17.5 Å². The van der Waals surface area contributed by atoms with Crippen molar-refractivity contribution in [2.24, 2.45) is 10.9 Å². The van der Waals surface area contributed by atoms with Crippen LogP contribution >= 0.6 is 0 Å². The molecule has 1 unspecified atom stereocenters. The highest BCUT2D eigenvalue weighted by Gasteiger charge is 2.36. The lowest BCUT2D eigenvalue weighted by Gasteiger charge is -2.31. The molecule has 6 heteroatoms. The van der Waals surface area contributed by atoms with Crippen molar-refractivity contribution in [1.82, 2.24) is 10.2 Å². The highest BCUT2D eigenvalue weighted by atomic mass is 16.6. The first kappa shape index (κ1) is 20.3. The molecule has 3 aliphatic rings. The molecule has 0 amide bonds. The van der Waals surface area contributed by atoms with Crippen LogP contribution in [0.3, 0.4) is 0 Å². The third-order valence-electron chi connectivity index (χ3n) is 6.50. The van der Waals surface area contributed by atoms with Gasteiger partial charge in [-0.05, 0) is 43.9 Å². The van der Waals surface area contributed by atoms with Crippen LogP contribution in [0.25, 0.3) is 0 Å². The van der Waals surface area contributed by atoms with Crippen molar-refractivity contribution >= 4 is 5.96 Å². The number of fused-ring (bicyclic) bond motifs is 1. The SMILES string of the molecule is CCNC(=NCC1(c2ccc3c(c2)OCCO3)CCCC1)N(C)CC1CCOC1. The van der Waals surface area contributed by atoms with Crippen molar-refractivity contribution < 1.29 is 14.2 Å². The van der Waals surface area contributed by atoms with Crippen molar-refractivity contribution in [3.63, 3.8) is 0 Å². The topological polar surface area (TPSA) is 55.3 Å². The Morgan fingerprint density at radius 3 is 2.69 bits per heavy atom. The van der Waals surface area contributed by atoms with Gasteiger partial charge in [0.2, 0.25) is 0 Å². The van der Waals surface area contributed by atoms with Crippen LogP contribution in [0.4, 0.5) is 0 Å². The Kier molecular flexibility index (Phi) is 6.48. The van der Waals surface area contributed by atoms with Crippen LogP contribution < -0.4 is 14.8 Å². The van der Waals surface area contributed by atoms with E-state index in [1.165, 1.54) is 31.2 Å². The molecular weight excluding hydrogens is 366 g/mol. The molecule has 1 aromatic rings. The van der Waals surface area contributed by atoms with Gasteiger partial charge in [-0.3, -0.25) is 4.99 Å². The number of benzene rings is 1. The standard InChI is InChI=1S/C23H35N3O3/c1-3-24-22(26(2)15-18-8-11-27-16-18)25-17-23(9-4-5-10-23)19-6-7-20-21(14-19)29-13-12-28-20/h6-7,14,18H,3-5,8-13,15-17H2,1-2H3,(H,24,25). The lowest BCUT2D eigenvalue weighted by Crippen LogP contribution is -2.42. The summed E-state index contributed by atoms with van der Waals surface area (Å²) in [6, 6.07) is 6.49. The van der Waals surface area contributed by atoms with E-state index in [-0.39, 0.29) is 5.41 Å². The van der Waals surface area contributed by atoms with Gasteiger partial charge in [0.05, 0.1) is 13.2 Å². The van der Waals surface area contributed by atoms with Gasteiger partial charge in [0.25, 0.3) is 0 Å². The summed E-state index contributed by atoms with van der Waals surface area (Å²) in [5.74, 6) is 3.35. The zero-order valence-electron chi connectivity index (χ0n) is 17.9. The number of hydrogen-bond acceptors (Lipinski definition) is 4. The number of nitrogens with one attached hydrogen (secondary N) is 1. The number of guanidine groups is 1. The summed E-state index contributed by atoms with van der Waals surface area (Å²) in [4.78, 5) is 7.39. The number of ether oxygens (including phenoxy) is 3. The molecule has 0 bridgehead atoms. The van der Waals surface area contributed by atoms with E-state index in [9.17, 15) is 0 Å². The van der Waals surface area contributed by atoms with Crippen molar-refractivity contribution in [3.05, 3.63) is 23.8 Å². The zero-order chi connectivity index (χ0) is 20.1. The molecule has 1 N–H and O–H groups in total. The summed E-state index contributed by atoms with van der Waals surface area (Å²) in [6.07, 6.45) is 6.02. The number of hydrogen-bond donors (Lipinski definition) is 1. The van der Waals surface area contributed by atoms with Gasteiger partial charge in [0, 0.05) is 38.1 Å². The van der Waals surface area contributed by atoms with Crippen LogP contribution in [0.2, 0.25) is 0 Å². The Morgan fingerprint density at radius 1 is 1.17 bits per heavy atom. The first-order chi connectivity index (χ1) is 14.2. The van der Waals surface area contributed by atoms with Gasteiger partial charge in [-0.1, -0.05) is 18.9 Å². The molecule has 0 radical (unpaired) electrons. The van der Waals surface area contributed by atoms with E-state index >= 15 is 0 Å². The smallest absolute Gasteiger partial charge is 0.193 e. The molecule has 6 nitrogen and oxygen atoms in total. The molecule has 0 spiro atoms. The predicted molar refractivity (Wildman–Crippen MR) is 115 cm³/mol. The fourth-order valence-corrected chi connectivity index (χ4v) is 4.86. The summed E-state index contributed by atoms with van der Waals surface area (Å²) in [5.41, 5.74) is 1.43. The van der Waals surface area contributed by atoms with Crippen LogP contribution in [0.5, 0.6) is 11.5 Å². The lowest BCUT2D eigenvalue weighted by molar-refractivity contribution is 0.171. The minimum atomic E-state index is 0.0911. The van der Waals surface area contributed by atoms with Gasteiger partial charge < -0.3 is 24.4 Å². The second-order valence-corrected chi connectivity index (χ2v) is 8.63. The zero-order valence-corrected chi connectivity index (χ0v) is 17.9. The maximum atomic E-state index is 5.85. The summed E-state index contributed by atoms with van der Waals surface area (Å²) < 4.78 is 17.1. The summed E-state index contributed by atoms with van der Waals surface area (Å²) in [7, 11) is 2.14. The van der Waals surface area contributed by atoms with Crippen LogP contribution in [0.1, 0.15) is 44.6 Å². The fourth-order valence-electron chi connectivity index (χ4n) is 4.86. The molecule has 2 heterocycles. The Labute approximate surface area is 174 Å². The first-order valence-electron chi connectivity index (χ1n) is 11.2. The molecule has 1 aromatic carbocycles. The number of rotatable bonds is 6. The quantitative estimate of drug-likeness (QED) is 0.586. The highest BCUT2D eigenvalue weighted by Crippen LogP contribution is 2.44. The van der Waals surface area contributed by atoms with E-state index < -0.39 is 0 Å². The molecule has 160 valence electrons. The lowest BCUT2D eigenvalue weighted by atomic mass is 9.79. The molecule has 1 saturated heterocycles. The average molecular weight is 402 g/mol. The van der Waals surface area contributed by atoms with Gasteiger partial charge in [0.1, 0.15) is 13.2 Å². The molecule has 0 aromatic heterocycles. The Morgan fingerprint density at radius 2 is 1.97 bits per heavy atom. The normalized spacial score (nSPS) is 23.2. The molecule has 29 heavy (non-hydrogen) atoms. The van der Waals surface area contributed by atoms with Crippen LogP contribution in [0.15, 0.2) is 23.2 Å². The summed E-state index contributed by atoms with van der Waals surface area (Å²) in [5, 5.41) is 3.49. The van der Waals surface area contributed by atoms with E-state index in [2.05, 4.69) is 42.4 Å². The number of nitrogens with zero attached hydrogens (tertiary/aromatic N) is 2. The summed E-state index contributed by atoms with van der Waals surface area (Å²) in [6.45, 7) is 7.82. The minimum Gasteiger partial charge on any atom is -0.486 e. The van der Waals surface area contributed by atoms with Crippen molar-refractivity contribution in [2.45, 2.75) is 44.4 Å². The first-order valence-corrected chi connectivity index (χ1v) is 11.2. The van der Waals surface area contributed by atoms with E-state index in [1.807, 2.05) is 0 Å². The molecule has 2 fully saturated rings. The third-order valence-corrected chi connectivity index (χ3v) is 6.50. The number of aliphatic imine (C=N–C) groups is 1. The maximum absolute atomic E-state index is 5.85. The minimum absolute atomic E-state index is 0.0911. The van der Waals surface area contributed by atoms with Crippen LogP contribution in [-0.4, -0.2) is 64.0 Å². The monoisotopic (exact) mass is 401 g/mol. The molecule has 4 rings (SSSR count). The van der Waals surface area contributed by atoms with Gasteiger partial charge in [-0.2, -0.15) is 0 Å². The molecular formula is C23H35N3O3.